The number of rotatable bonds is 7. The Morgan fingerprint density at radius 3 is 2.45 bits per heavy atom. The molecule has 0 fully saturated rings. The summed E-state index contributed by atoms with van der Waals surface area (Å²) >= 11 is 5.76. The zero-order valence-corrected chi connectivity index (χ0v) is 13.2. The van der Waals surface area contributed by atoms with Crippen LogP contribution >= 0.6 is 11.6 Å². The molecule has 0 aromatic heterocycles. The van der Waals surface area contributed by atoms with Gasteiger partial charge >= 0.3 is 0 Å². The molecule has 0 amide bonds. The number of hydrogen-bond acceptors (Lipinski definition) is 3. The Labute approximate surface area is 125 Å². The van der Waals surface area contributed by atoms with Crippen LogP contribution in [0.15, 0.2) is 29.7 Å². The highest BCUT2D eigenvalue weighted by atomic mass is 35.5. The number of aliphatic hydroxyl groups excluding tert-OH is 1. The molecule has 20 heavy (non-hydrogen) atoms. The van der Waals surface area contributed by atoms with E-state index in [9.17, 15) is 8.42 Å². The van der Waals surface area contributed by atoms with Crippen molar-refractivity contribution in [3.63, 3.8) is 0 Å². The standard InChI is InChI=1S/C14H20ClNO3S/c1-14(2,8-9-17)11-16-20(18,19)10-7-12-3-5-13(15)6-4-12/h3-7,10,16-17H,8-9,11H2,1-2H3/b10-7+. The van der Waals surface area contributed by atoms with Crippen LogP contribution in [0.5, 0.6) is 0 Å². The maximum absolute atomic E-state index is 11.8. The van der Waals surface area contributed by atoms with Gasteiger partial charge in [0.1, 0.15) is 0 Å². The summed E-state index contributed by atoms with van der Waals surface area (Å²) in [6, 6.07) is 6.88. The lowest BCUT2D eigenvalue weighted by atomic mass is 9.90. The van der Waals surface area contributed by atoms with Crippen molar-refractivity contribution in [1.29, 1.82) is 0 Å². The van der Waals surface area contributed by atoms with Crippen LogP contribution in [0, 0.1) is 5.41 Å². The summed E-state index contributed by atoms with van der Waals surface area (Å²) in [7, 11) is -3.49. The molecular weight excluding hydrogens is 298 g/mol. The molecule has 6 heteroatoms. The SMILES string of the molecule is CC(C)(CCO)CNS(=O)(=O)/C=C/c1ccc(Cl)cc1. The van der Waals surface area contributed by atoms with Crippen molar-refractivity contribution >= 4 is 27.7 Å². The van der Waals surface area contributed by atoms with Gasteiger partial charge in [-0.3, -0.25) is 0 Å². The van der Waals surface area contributed by atoms with Gasteiger partial charge in [0.25, 0.3) is 0 Å². The Balaban J connectivity index is 2.63. The first kappa shape index (κ1) is 17.2. The van der Waals surface area contributed by atoms with Crippen LogP contribution in [0.4, 0.5) is 0 Å². The van der Waals surface area contributed by atoms with Crippen molar-refractivity contribution in [2.75, 3.05) is 13.2 Å². The Kier molecular flexibility index (Phi) is 6.20. The first-order chi connectivity index (χ1) is 9.24. The van der Waals surface area contributed by atoms with Gasteiger partial charge in [-0.2, -0.15) is 0 Å². The summed E-state index contributed by atoms with van der Waals surface area (Å²) in [5, 5.41) is 10.6. The van der Waals surface area contributed by atoms with Crippen molar-refractivity contribution in [3.05, 3.63) is 40.3 Å². The summed E-state index contributed by atoms with van der Waals surface area (Å²) in [5.74, 6) is 0. The Morgan fingerprint density at radius 1 is 1.30 bits per heavy atom. The van der Waals surface area contributed by atoms with Gasteiger partial charge in [0.15, 0.2) is 0 Å². The lowest BCUT2D eigenvalue weighted by Crippen LogP contribution is -2.33. The number of nitrogens with one attached hydrogen (secondary N) is 1. The minimum atomic E-state index is -3.49. The van der Waals surface area contributed by atoms with Crippen LogP contribution in [0.2, 0.25) is 5.02 Å². The number of sulfonamides is 1. The fourth-order valence-corrected chi connectivity index (χ4v) is 2.63. The van der Waals surface area contributed by atoms with E-state index in [4.69, 9.17) is 16.7 Å². The van der Waals surface area contributed by atoms with Gasteiger partial charge in [-0.05, 0) is 35.6 Å². The molecule has 0 spiro atoms. The van der Waals surface area contributed by atoms with Crippen molar-refractivity contribution in [1.82, 2.24) is 4.72 Å². The molecule has 1 aromatic rings. The average Bonchev–Trinajstić information content (AvgIpc) is 2.36. The number of benzene rings is 1. The quantitative estimate of drug-likeness (QED) is 0.812. The second-order valence-electron chi connectivity index (χ2n) is 5.36. The van der Waals surface area contributed by atoms with Gasteiger partial charge in [-0.1, -0.05) is 37.6 Å². The lowest BCUT2D eigenvalue weighted by Gasteiger charge is -2.23. The van der Waals surface area contributed by atoms with Crippen LogP contribution in [-0.4, -0.2) is 26.7 Å². The van der Waals surface area contributed by atoms with E-state index >= 15 is 0 Å². The van der Waals surface area contributed by atoms with Crippen molar-refractivity contribution < 1.29 is 13.5 Å². The van der Waals surface area contributed by atoms with Crippen molar-refractivity contribution in [2.24, 2.45) is 5.41 Å². The molecule has 1 rings (SSSR count). The average molecular weight is 318 g/mol. The zero-order valence-electron chi connectivity index (χ0n) is 11.6. The fraction of sp³-hybridized carbons (Fsp3) is 0.429. The summed E-state index contributed by atoms with van der Waals surface area (Å²) in [5.41, 5.74) is 0.477. The molecular formula is C14H20ClNO3S. The molecule has 0 bridgehead atoms. The van der Waals surface area contributed by atoms with E-state index in [1.807, 2.05) is 13.8 Å². The van der Waals surface area contributed by atoms with Gasteiger partial charge in [0.05, 0.1) is 0 Å². The lowest BCUT2D eigenvalue weighted by molar-refractivity contribution is 0.213. The van der Waals surface area contributed by atoms with Crippen molar-refractivity contribution in [2.45, 2.75) is 20.3 Å². The molecule has 0 radical (unpaired) electrons. The van der Waals surface area contributed by atoms with E-state index in [0.717, 1.165) is 11.0 Å². The highest BCUT2D eigenvalue weighted by molar-refractivity contribution is 7.92. The normalized spacial score (nSPS) is 13.0. The largest absolute Gasteiger partial charge is 0.396 e. The monoisotopic (exact) mass is 317 g/mol. The molecule has 0 atom stereocenters. The predicted octanol–water partition coefficient (Wildman–Crippen LogP) is 2.64. The summed E-state index contributed by atoms with van der Waals surface area (Å²) in [6.45, 7) is 4.11. The Hall–Kier alpha value is -0.880. The highest BCUT2D eigenvalue weighted by Gasteiger charge is 2.19. The number of halogens is 1. The molecule has 0 aliphatic heterocycles. The Morgan fingerprint density at radius 2 is 1.90 bits per heavy atom. The highest BCUT2D eigenvalue weighted by Crippen LogP contribution is 2.18. The van der Waals surface area contributed by atoms with E-state index < -0.39 is 10.0 Å². The van der Waals surface area contributed by atoms with Gasteiger partial charge in [-0.25, -0.2) is 13.1 Å². The van der Waals surface area contributed by atoms with Crippen LogP contribution in [-0.2, 0) is 10.0 Å². The minimum absolute atomic E-state index is 0.0370. The molecule has 0 aliphatic carbocycles. The second kappa shape index (κ2) is 7.22. The molecule has 4 nitrogen and oxygen atoms in total. The van der Waals surface area contributed by atoms with E-state index in [-0.39, 0.29) is 18.6 Å². The predicted molar refractivity (Wildman–Crippen MR) is 82.9 cm³/mol. The van der Waals surface area contributed by atoms with E-state index in [1.54, 1.807) is 24.3 Å². The maximum Gasteiger partial charge on any atom is 0.233 e. The van der Waals surface area contributed by atoms with E-state index in [2.05, 4.69) is 4.72 Å². The molecule has 112 valence electrons. The molecule has 0 aliphatic rings. The Bertz CT molecular complexity index is 550. The number of hydrogen-bond donors (Lipinski definition) is 2. The summed E-state index contributed by atoms with van der Waals surface area (Å²) in [6.07, 6.45) is 2.05. The van der Waals surface area contributed by atoms with Crippen LogP contribution in [0.25, 0.3) is 6.08 Å². The minimum Gasteiger partial charge on any atom is -0.396 e. The molecule has 2 N–H and O–H groups in total. The third-order valence-electron chi connectivity index (χ3n) is 2.85. The third kappa shape index (κ3) is 6.52. The van der Waals surface area contributed by atoms with E-state index in [1.165, 1.54) is 6.08 Å². The summed E-state index contributed by atoms with van der Waals surface area (Å²) < 4.78 is 26.2. The summed E-state index contributed by atoms with van der Waals surface area (Å²) in [4.78, 5) is 0. The molecule has 1 aromatic carbocycles. The smallest absolute Gasteiger partial charge is 0.233 e. The van der Waals surface area contributed by atoms with Gasteiger partial charge in [-0.15, -0.1) is 0 Å². The van der Waals surface area contributed by atoms with Crippen LogP contribution < -0.4 is 4.72 Å². The van der Waals surface area contributed by atoms with Crippen molar-refractivity contribution in [3.8, 4) is 0 Å². The molecule has 0 saturated carbocycles. The first-order valence-electron chi connectivity index (χ1n) is 6.28. The first-order valence-corrected chi connectivity index (χ1v) is 8.21. The van der Waals surface area contributed by atoms with Gasteiger partial charge in [0.2, 0.25) is 10.0 Å². The molecule has 0 saturated heterocycles. The number of aliphatic hydroxyl groups is 1. The maximum atomic E-state index is 11.8. The van der Waals surface area contributed by atoms with Crippen LogP contribution in [0.1, 0.15) is 25.8 Å². The van der Waals surface area contributed by atoms with E-state index in [0.29, 0.717) is 11.4 Å². The topological polar surface area (TPSA) is 66.4 Å². The second-order valence-corrected chi connectivity index (χ2v) is 7.45. The fourth-order valence-electron chi connectivity index (χ4n) is 1.48. The zero-order chi connectivity index (χ0) is 15.2. The third-order valence-corrected chi connectivity index (χ3v) is 4.14. The molecule has 0 unspecified atom stereocenters. The molecule has 0 heterocycles. The van der Waals surface area contributed by atoms with Gasteiger partial charge in [0, 0.05) is 23.6 Å². The van der Waals surface area contributed by atoms with Crippen LogP contribution in [0.3, 0.4) is 0 Å². The van der Waals surface area contributed by atoms with Gasteiger partial charge < -0.3 is 5.11 Å².